The van der Waals surface area contributed by atoms with Crippen LogP contribution in [-0.2, 0) is 4.79 Å². The molecule has 128 valence electrons. The van der Waals surface area contributed by atoms with Gasteiger partial charge in [-0.1, -0.05) is 12.1 Å². The molecule has 0 amide bonds. The molecule has 0 radical (unpaired) electrons. The Morgan fingerprint density at radius 3 is 2.44 bits per heavy atom. The lowest BCUT2D eigenvalue weighted by molar-refractivity contribution is -0.130. The molecule has 0 aromatic heterocycles. The number of esters is 1. The molecule has 5 heteroatoms. The fourth-order valence-electron chi connectivity index (χ4n) is 2.65. The predicted molar refractivity (Wildman–Crippen MR) is 99.3 cm³/mol. The van der Waals surface area contributed by atoms with Gasteiger partial charge in [-0.25, -0.2) is 4.79 Å². The van der Waals surface area contributed by atoms with Crippen LogP contribution < -0.4 is 15.0 Å². The molecular weight excluding hydrogens is 316 g/mol. The Labute approximate surface area is 146 Å². The van der Waals surface area contributed by atoms with Crippen molar-refractivity contribution in [3.8, 4) is 5.75 Å². The first-order chi connectivity index (χ1) is 12.0. The van der Waals surface area contributed by atoms with E-state index in [2.05, 4.69) is 5.32 Å². The summed E-state index contributed by atoms with van der Waals surface area (Å²) in [7, 11) is 3.77. The van der Waals surface area contributed by atoms with Crippen molar-refractivity contribution >= 4 is 29.2 Å². The Bertz CT molecular complexity index is 852. The van der Waals surface area contributed by atoms with E-state index in [0.29, 0.717) is 11.3 Å². The molecule has 5 nitrogen and oxygen atoms in total. The second-order valence-electron chi connectivity index (χ2n) is 6.00. The van der Waals surface area contributed by atoms with Gasteiger partial charge in [0.2, 0.25) is 5.78 Å². The van der Waals surface area contributed by atoms with E-state index >= 15 is 0 Å². The Hall–Kier alpha value is -3.08. The smallest absolute Gasteiger partial charge is 0.347 e. The third kappa shape index (κ3) is 3.40. The number of rotatable bonds is 4. The molecule has 1 aliphatic rings. The van der Waals surface area contributed by atoms with Gasteiger partial charge in [0, 0.05) is 38.1 Å². The van der Waals surface area contributed by atoms with Crippen molar-refractivity contribution in [3.63, 3.8) is 0 Å². The van der Waals surface area contributed by atoms with Crippen LogP contribution in [0.15, 0.2) is 48.0 Å². The molecule has 0 bridgehead atoms. The Balaban J connectivity index is 1.93. The Morgan fingerprint density at radius 2 is 1.80 bits per heavy atom. The highest BCUT2D eigenvalue weighted by Gasteiger charge is 2.31. The zero-order valence-corrected chi connectivity index (χ0v) is 14.5. The lowest BCUT2D eigenvalue weighted by Gasteiger charge is -2.20. The van der Waals surface area contributed by atoms with Crippen LogP contribution in [0.25, 0.3) is 6.08 Å². The fraction of sp³-hybridized carbons (Fsp3) is 0.200. The molecule has 2 aromatic rings. The highest BCUT2D eigenvalue weighted by atomic mass is 16.5. The number of carbonyl (C=O) groups is 2. The van der Waals surface area contributed by atoms with Gasteiger partial charge < -0.3 is 15.0 Å². The van der Waals surface area contributed by atoms with Gasteiger partial charge in [0.15, 0.2) is 0 Å². The maximum atomic E-state index is 12.7. The van der Waals surface area contributed by atoms with Crippen LogP contribution in [0, 0.1) is 0 Å². The normalized spacial score (nSPS) is 14.9. The van der Waals surface area contributed by atoms with E-state index in [-0.39, 0.29) is 11.4 Å². The van der Waals surface area contributed by atoms with E-state index < -0.39 is 5.97 Å². The molecular formula is C20H20N2O3. The number of Topliss-reactive ketones (excluding diaryl/α,β-unsaturated/α-hetero) is 1. The molecule has 0 saturated heterocycles. The Morgan fingerprint density at radius 1 is 1.08 bits per heavy atom. The highest BCUT2D eigenvalue weighted by Crippen LogP contribution is 2.32. The molecule has 1 heterocycles. The van der Waals surface area contributed by atoms with Crippen LogP contribution >= 0.6 is 0 Å². The number of anilines is 2. The van der Waals surface area contributed by atoms with Crippen LogP contribution in [0.5, 0.6) is 5.75 Å². The van der Waals surface area contributed by atoms with Gasteiger partial charge >= 0.3 is 5.97 Å². The molecule has 2 aromatic carbocycles. The minimum absolute atomic E-state index is 0.0429. The average molecular weight is 336 g/mol. The van der Waals surface area contributed by atoms with E-state index in [1.54, 1.807) is 18.2 Å². The van der Waals surface area contributed by atoms with E-state index in [0.717, 1.165) is 23.5 Å². The first-order valence-corrected chi connectivity index (χ1v) is 8.13. The summed E-state index contributed by atoms with van der Waals surface area (Å²) in [6, 6.07) is 12.8. The summed E-state index contributed by atoms with van der Waals surface area (Å²) in [5.41, 5.74) is 3.08. The summed E-state index contributed by atoms with van der Waals surface area (Å²) >= 11 is 0. The number of hydrogen-bond donors (Lipinski definition) is 1. The van der Waals surface area contributed by atoms with E-state index in [1.807, 2.05) is 56.3 Å². The van der Waals surface area contributed by atoms with Crippen molar-refractivity contribution in [1.82, 2.24) is 0 Å². The SMILES string of the molecule is CCNc1ccc(/C=C2\C(=O)Oc3cc(N(C)C)ccc3C2=O)cc1. The maximum Gasteiger partial charge on any atom is 0.347 e. The van der Waals surface area contributed by atoms with Crippen LogP contribution in [0.4, 0.5) is 11.4 Å². The first kappa shape index (κ1) is 16.8. The zero-order valence-electron chi connectivity index (χ0n) is 14.5. The molecule has 25 heavy (non-hydrogen) atoms. The second-order valence-corrected chi connectivity index (χ2v) is 6.00. The number of ketones is 1. The summed E-state index contributed by atoms with van der Waals surface area (Å²) in [5.74, 6) is -0.627. The van der Waals surface area contributed by atoms with Crippen LogP contribution in [0.2, 0.25) is 0 Å². The molecule has 0 spiro atoms. The number of benzene rings is 2. The number of hydrogen-bond acceptors (Lipinski definition) is 5. The van der Waals surface area contributed by atoms with Crippen LogP contribution in [0.1, 0.15) is 22.8 Å². The Kier molecular flexibility index (Phi) is 4.57. The average Bonchev–Trinajstić information content (AvgIpc) is 2.59. The largest absolute Gasteiger partial charge is 0.422 e. The fourth-order valence-corrected chi connectivity index (χ4v) is 2.65. The maximum absolute atomic E-state index is 12.7. The van der Waals surface area contributed by atoms with Gasteiger partial charge in [-0.15, -0.1) is 0 Å². The standard InChI is InChI=1S/C20H20N2O3/c1-4-21-14-7-5-13(6-8-14)11-17-19(23)16-10-9-15(22(2)3)12-18(16)25-20(17)24/h5-12,21H,4H2,1-3H3/b17-11-. The first-order valence-electron chi connectivity index (χ1n) is 8.13. The van der Waals surface area contributed by atoms with E-state index in [4.69, 9.17) is 4.74 Å². The van der Waals surface area contributed by atoms with Gasteiger partial charge in [-0.05, 0) is 42.8 Å². The molecule has 0 fully saturated rings. The summed E-state index contributed by atoms with van der Waals surface area (Å²) in [6.45, 7) is 2.85. The van der Waals surface area contributed by atoms with Crippen LogP contribution in [-0.4, -0.2) is 32.4 Å². The summed E-state index contributed by atoms with van der Waals surface area (Å²) < 4.78 is 5.37. The zero-order chi connectivity index (χ0) is 18.0. The molecule has 1 N–H and O–H groups in total. The predicted octanol–water partition coefficient (Wildman–Crippen LogP) is 3.37. The third-order valence-corrected chi connectivity index (χ3v) is 4.00. The molecule has 0 saturated carbocycles. The monoisotopic (exact) mass is 336 g/mol. The lowest BCUT2D eigenvalue weighted by Crippen LogP contribution is -2.25. The summed E-state index contributed by atoms with van der Waals surface area (Å²) in [4.78, 5) is 26.9. The molecule has 0 aliphatic carbocycles. The third-order valence-electron chi connectivity index (χ3n) is 4.00. The van der Waals surface area contributed by atoms with E-state index in [9.17, 15) is 9.59 Å². The van der Waals surface area contributed by atoms with Crippen molar-refractivity contribution in [2.75, 3.05) is 30.9 Å². The van der Waals surface area contributed by atoms with Gasteiger partial charge in [0.1, 0.15) is 11.3 Å². The van der Waals surface area contributed by atoms with Gasteiger partial charge in [-0.3, -0.25) is 4.79 Å². The highest BCUT2D eigenvalue weighted by molar-refractivity contribution is 6.30. The van der Waals surface area contributed by atoms with Gasteiger partial charge in [-0.2, -0.15) is 0 Å². The van der Waals surface area contributed by atoms with Gasteiger partial charge in [0.25, 0.3) is 0 Å². The van der Waals surface area contributed by atoms with E-state index in [1.165, 1.54) is 0 Å². The lowest BCUT2D eigenvalue weighted by atomic mass is 9.97. The number of nitrogens with one attached hydrogen (secondary N) is 1. The minimum Gasteiger partial charge on any atom is -0.422 e. The van der Waals surface area contributed by atoms with Gasteiger partial charge in [0.05, 0.1) is 5.56 Å². The summed E-state index contributed by atoms with van der Waals surface area (Å²) in [5, 5.41) is 3.20. The van der Waals surface area contributed by atoms with Crippen LogP contribution in [0.3, 0.4) is 0 Å². The molecule has 0 atom stereocenters. The number of fused-ring (bicyclic) bond motifs is 1. The number of carbonyl (C=O) groups excluding carboxylic acids is 2. The van der Waals surface area contributed by atoms with Crippen molar-refractivity contribution in [1.29, 1.82) is 0 Å². The summed E-state index contributed by atoms with van der Waals surface area (Å²) in [6.07, 6.45) is 1.57. The van der Waals surface area contributed by atoms with Crippen molar-refractivity contribution in [2.24, 2.45) is 0 Å². The molecule has 1 aliphatic heterocycles. The number of nitrogens with zero attached hydrogens (tertiary/aromatic N) is 1. The number of ether oxygens (including phenoxy) is 1. The topological polar surface area (TPSA) is 58.6 Å². The van der Waals surface area contributed by atoms with Crippen molar-refractivity contribution in [2.45, 2.75) is 6.92 Å². The second kappa shape index (κ2) is 6.81. The molecule has 0 unspecified atom stereocenters. The minimum atomic E-state index is -0.621. The molecule has 3 rings (SSSR count). The quantitative estimate of drug-likeness (QED) is 0.401. The van der Waals surface area contributed by atoms with Crippen molar-refractivity contribution < 1.29 is 14.3 Å². The van der Waals surface area contributed by atoms with Crippen molar-refractivity contribution in [3.05, 3.63) is 59.2 Å².